The van der Waals surface area contributed by atoms with E-state index in [-0.39, 0.29) is 5.41 Å². The Kier molecular flexibility index (Phi) is 3.36. The maximum absolute atomic E-state index is 2.37. The van der Waals surface area contributed by atoms with Crippen molar-refractivity contribution in [1.82, 2.24) is 0 Å². The molecule has 0 saturated carbocycles. The summed E-state index contributed by atoms with van der Waals surface area (Å²) in [6.07, 6.45) is 2.43. The average Bonchev–Trinajstić information content (AvgIpc) is 2.07. The Hall–Kier alpha value is -0.780. The van der Waals surface area contributed by atoms with Crippen LogP contribution in [0.15, 0.2) is 18.2 Å². The van der Waals surface area contributed by atoms with Crippen LogP contribution in [0.5, 0.6) is 0 Å². The SMILES string of the molecule is CCCc1cc(C(C)(C)C)ccc1C. The number of benzene rings is 1. The van der Waals surface area contributed by atoms with E-state index in [1.807, 2.05) is 0 Å². The van der Waals surface area contributed by atoms with Gasteiger partial charge in [-0.25, -0.2) is 0 Å². The Balaban J connectivity index is 3.06. The minimum Gasteiger partial charge on any atom is -0.0651 e. The van der Waals surface area contributed by atoms with Crippen molar-refractivity contribution in [3.05, 3.63) is 34.9 Å². The van der Waals surface area contributed by atoms with Crippen LogP contribution in [0.25, 0.3) is 0 Å². The van der Waals surface area contributed by atoms with Crippen molar-refractivity contribution in [3.8, 4) is 0 Å². The van der Waals surface area contributed by atoms with Gasteiger partial charge in [0.15, 0.2) is 0 Å². The molecule has 1 aromatic carbocycles. The van der Waals surface area contributed by atoms with Crippen molar-refractivity contribution in [2.45, 2.75) is 52.9 Å². The number of aryl methyl sites for hydroxylation is 2. The highest BCUT2D eigenvalue weighted by Crippen LogP contribution is 2.24. The summed E-state index contributed by atoms with van der Waals surface area (Å²) in [7, 11) is 0. The standard InChI is InChI=1S/C14H22/c1-6-7-12-10-13(14(3,4)5)9-8-11(12)2/h8-10H,6-7H2,1-5H3. The van der Waals surface area contributed by atoms with E-state index in [2.05, 4.69) is 52.8 Å². The molecule has 0 aromatic heterocycles. The molecule has 78 valence electrons. The third-order valence-electron chi connectivity index (χ3n) is 2.73. The fourth-order valence-corrected chi connectivity index (χ4v) is 1.68. The van der Waals surface area contributed by atoms with Crippen LogP contribution in [0.2, 0.25) is 0 Å². The van der Waals surface area contributed by atoms with E-state index in [0.717, 1.165) is 0 Å². The Morgan fingerprint density at radius 3 is 2.29 bits per heavy atom. The van der Waals surface area contributed by atoms with Crippen molar-refractivity contribution >= 4 is 0 Å². The van der Waals surface area contributed by atoms with Crippen LogP contribution in [0, 0.1) is 6.92 Å². The molecule has 0 unspecified atom stereocenters. The van der Waals surface area contributed by atoms with Gasteiger partial charge >= 0.3 is 0 Å². The minimum atomic E-state index is 0.274. The molecule has 0 aliphatic rings. The highest BCUT2D eigenvalue weighted by molar-refractivity contribution is 5.34. The molecule has 0 heterocycles. The molecule has 0 N–H and O–H groups in total. The van der Waals surface area contributed by atoms with E-state index in [1.54, 1.807) is 0 Å². The zero-order chi connectivity index (χ0) is 10.8. The van der Waals surface area contributed by atoms with Crippen LogP contribution >= 0.6 is 0 Å². The van der Waals surface area contributed by atoms with Gasteiger partial charge in [-0.15, -0.1) is 0 Å². The molecular formula is C14H22. The average molecular weight is 190 g/mol. The Bertz CT molecular complexity index is 302. The minimum absolute atomic E-state index is 0.274. The number of hydrogen-bond donors (Lipinski definition) is 0. The largest absolute Gasteiger partial charge is 0.0651 e. The fraction of sp³-hybridized carbons (Fsp3) is 0.571. The van der Waals surface area contributed by atoms with Crippen LogP contribution in [-0.4, -0.2) is 0 Å². The molecule has 0 aliphatic heterocycles. The fourth-order valence-electron chi connectivity index (χ4n) is 1.68. The van der Waals surface area contributed by atoms with Crippen LogP contribution < -0.4 is 0 Å². The smallest absolute Gasteiger partial charge is 0.0132 e. The summed E-state index contributed by atoms with van der Waals surface area (Å²) in [4.78, 5) is 0. The van der Waals surface area contributed by atoms with Gasteiger partial charge in [-0.3, -0.25) is 0 Å². The molecule has 1 rings (SSSR count). The normalized spacial score (nSPS) is 11.8. The molecule has 0 radical (unpaired) electrons. The lowest BCUT2D eigenvalue weighted by Crippen LogP contribution is -2.11. The van der Waals surface area contributed by atoms with Crippen molar-refractivity contribution in [2.75, 3.05) is 0 Å². The Labute approximate surface area is 88.4 Å². The van der Waals surface area contributed by atoms with Crippen molar-refractivity contribution in [3.63, 3.8) is 0 Å². The molecule has 0 nitrogen and oxygen atoms in total. The third-order valence-corrected chi connectivity index (χ3v) is 2.73. The predicted octanol–water partition coefficient (Wildman–Crippen LogP) is 4.25. The second-order valence-corrected chi connectivity index (χ2v) is 5.14. The molecule has 1 aromatic rings. The van der Waals surface area contributed by atoms with Crippen LogP contribution in [-0.2, 0) is 11.8 Å². The first-order valence-electron chi connectivity index (χ1n) is 5.55. The summed E-state index contributed by atoms with van der Waals surface area (Å²) in [6, 6.07) is 6.89. The van der Waals surface area contributed by atoms with E-state index in [0.29, 0.717) is 0 Å². The van der Waals surface area contributed by atoms with Gasteiger partial charge in [-0.1, -0.05) is 52.3 Å². The maximum atomic E-state index is 2.37. The van der Waals surface area contributed by atoms with Crippen LogP contribution in [0.4, 0.5) is 0 Å². The first-order valence-corrected chi connectivity index (χ1v) is 5.55. The predicted molar refractivity (Wildman–Crippen MR) is 63.9 cm³/mol. The second-order valence-electron chi connectivity index (χ2n) is 5.14. The van der Waals surface area contributed by atoms with E-state index < -0.39 is 0 Å². The summed E-state index contributed by atoms with van der Waals surface area (Å²) in [5.74, 6) is 0. The molecule has 0 atom stereocenters. The first kappa shape index (κ1) is 11.3. The number of hydrogen-bond acceptors (Lipinski definition) is 0. The van der Waals surface area contributed by atoms with Gasteiger partial charge in [0.25, 0.3) is 0 Å². The lowest BCUT2D eigenvalue weighted by molar-refractivity contribution is 0.589. The highest BCUT2D eigenvalue weighted by atomic mass is 14.2. The molecule has 0 spiro atoms. The summed E-state index contributed by atoms with van der Waals surface area (Å²) >= 11 is 0. The van der Waals surface area contributed by atoms with E-state index in [1.165, 1.54) is 29.5 Å². The summed E-state index contributed by atoms with van der Waals surface area (Å²) < 4.78 is 0. The van der Waals surface area contributed by atoms with Crippen molar-refractivity contribution < 1.29 is 0 Å². The van der Waals surface area contributed by atoms with Crippen molar-refractivity contribution in [2.24, 2.45) is 0 Å². The lowest BCUT2D eigenvalue weighted by atomic mass is 9.85. The molecule has 14 heavy (non-hydrogen) atoms. The molecule has 0 saturated heterocycles. The van der Waals surface area contributed by atoms with Gasteiger partial charge < -0.3 is 0 Å². The molecule has 0 bridgehead atoms. The van der Waals surface area contributed by atoms with E-state index >= 15 is 0 Å². The second kappa shape index (κ2) is 4.16. The van der Waals surface area contributed by atoms with Crippen LogP contribution in [0.1, 0.15) is 50.8 Å². The summed E-state index contributed by atoms with van der Waals surface area (Å²) in [6.45, 7) is 11.3. The zero-order valence-corrected chi connectivity index (χ0v) is 10.1. The van der Waals surface area contributed by atoms with Gasteiger partial charge in [-0.2, -0.15) is 0 Å². The van der Waals surface area contributed by atoms with Gasteiger partial charge in [0.05, 0.1) is 0 Å². The van der Waals surface area contributed by atoms with E-state index in [4.69, 9.17) is 0 Å². The summed E-state index contributed by atoms with van der Waals surface area (Å²) in [5.41, 5.74) is 4.67. The first-order chi connectivity index (χ1) is 6.45. The lowest BCUT2D eigenvalue weighted by Gasteiger charge is -2.20. The molecule has 0 fully saturated rings. The van der Waals surface area contributed by atoms with Gasteiger partial charge in [-0.05, 0) is 35.4 Å². The quantitative estimate of drug-likeness (QED) is 0.654. The molecular weight excluding hydrogens is 168 g/mol. The van der Waals surface area contributed by atoms with Gasteiger partial charge in [0.1, 0.15) is 0 Å². The van der Waals surface area contributed by atoms with Gasteiger partial charge in [0, 0.05) is 0 Å². The Morgan fingerprint density at radius 1 is 1.14 bits per heavy atom. The number of rotatable bonds is 2. The highest BCUT2D eigenvalue weighted by Gasteiger charge is 2.14. The Morgan fingerprint density at radius 2 is 1.79 bits per heavy atom. The van der Waals surface area contributed by atoms with Gasteiger partial charge in [0.2, 0.25) is 0 Å². The monoisotopic (exact) mass is 190 g/mol. The topological polar surface area (TPSA) is 0 Å². The zero-order valence-electron chi connectivity index (χ0n) is 10.1. The maximum Gasteiger partial charge on any atom is -0.0132 e. The molecule has 0 aliphatic carbocycles. The molecule has 0 amide bonds. The van der Waals surface area contributed by atoms with E-state index in [9.17, 15) is 0 Å². The molecule has 0 heteroatoms. The van der Waals surface area contributed by atoms with Crippen LogP contribution in [0.3, 0.4) is 0 Å². The van der Waals surface area contributed by atoms with Crippen molar-refractivity contribution in [1.29, 1.82) is 0 Å². The third kappa shape index (κ3) is 2.60. The summed E-state index contributed by atoms with van der Waals surface area (Å²) in [5, 5.41) is 0.